The molecule has 15 heavy (non-hydrogen) atoms. The first-order chi connectivity index (χ1) is 6.99. The molecule has 4 heteroatoms. The van der Waals surface area contributed by atoms with Gasteiger partial charge in [-0.25, -0.2) is 0 Å². The van der Waals surface area contributed by atoms with Crippen molar-refractivity contribution in [1.82, 2.24) is 0 Å². The molecule has 0 saturated carbocycles. The summed E-state index contributed by atoms with van der Waals surface area (Å²) in [7, 11) is 1.54. The van der Waals surface area contributed by atoms with Crippen LogP contribution in [0.25, 0.3) is 0 Å². The summed E-state index contributed by atoms with van der Waals surface area (Å²) in [5.74, 6) is -0.822. The summed E-state index contributed by atoms with van der Waals surface area (Å²) < 4.78 is 5.99. The van der Waals surface area contributed by atoms with E-state index in [0.717, 1.165) is 15.6 Å². The van der Waals surface area contributed by atoms with Crippen molar-refractivity contribution in [3.63, 3.8) is 0 Å². The standard InChI is InChI=1S/C11H13BrO3/c1-6-4-5-8(12)10(15-3)9(6)7(2)11(13)14/h4-5,7H,1-3H3,(H,13,14). The van der Waals surface area contributed by atoms with Gasteiger partial charge in [-0.05, 0) is 41.4 Å². The van der Waals surface area contributed by atoms with Crippen molar-refractivity contribution in [1.29, 1.82) is 0 Å². The van der Waals surface area contributed by atoms with Gasteiger partial charge in [-0.2, -0.15) is 0 Å². The second-order valence-electron chi connectivity index (χ2n) is 3.37. The van der Waals surface area contributed by atoms with Crippen molar-refractivity contribution in [3.05, 3.63) is 27.7 Å². The first-order valence-electron chi connectivity index (χ1n) is 4.54. The minimum atomic E-state index is -0.852. The first kappa shape index (κ1) is 12.0. The number of rotatable bonds is 3. The lowest BCUT2D eigenvalue weighted by atomic mass is 9.95. The Hall–Kier alpha value is -1.03. The molecule has 0 aliphatic carbocycles. The van der Waals surface area contributed by atoms with E-state index >= 15 is 0 Å². The number of aryl methyl sites for hydroxylation is 1. The molecule has 82 valence electrons. The normalized spacial score (nSPS) is 12.3. The van der Waals surface area contributed by atoms with Crippen LogP contribution in [-0.4, -0.2) is 18.2 Å². The molecular weight excluding hydrogens is 260 g/mol. The Bertz CT molecular complexity index is 388. The molecule has 1 atom stereocenters. The second kappa shape index (κ2) is 4.66. The third-order valence-electron chi connectivity index (χ3n) is 2.37. The molecule has 1 N–H and O–H groups in total. The predicted molar refractivity (Wildman–Crippen MR) is 61.5 cm³/mol. The molecule has 0 radical (unpaired) electrons. The van der Waals surface area contributed by atoms with E-state index in [4.69, 9.17) is 9.84 Å². The van der Waals surface area contributed by atoms with Crippen molar-refractivity contribution < 1.29 is 14.6 Å². The average molecular weight is 273 g/mol. The van der Waals surface area contributed by atoms with E-state index < -0.39 is 11.9 Å². The maximum atomic E-state index is 11.0. The van der Waals surface area contributed by atoms with E-state index in [-0.39, 0.29) is 0 Å². The number of ether oxygens (including phenoxy) is 1. The van der Waals surface area contributed by atoms with Gasteiger partial charge in [0.25, 0.3) is 0 Å². The smallest absolute Gasteiger partial charge is 0.310 e. The third-order valence-corrected chi connectivity index (χ3v) is 3.00. The van der Waals surface area contributed by atoms with Crippen LogP contribution in [-0.2, 0) is 4.79 Å². The number of halogens is 1. The van der Waals surface area contributed by atoms with Gasteiger partial charge in [0, 0.05) is 5.56 Å². The van der Waals surface area contributed by atoms with Gasteiger partial charge in [0.15, 0.2) is 0 Å². The van der Waals surface area contributed by atoms with E-state index in [9.17, 15) is 4.79 Å². The van der Waals surface area contributed by atoms with E-state index in [2.05, 4.69) is 15.9 Å². The van der Waals surface area contributed by atoms with E-state index in [1.165, 1.54) is 7.11 Å². The molecule has 0 saturated heterocycles. The van der Waals surface area contributed by atoms with Crippen LogP contribution in [0.15, 0.2) is 16.6 Å². The summed E-state index contributed by atoms with van der Waals surface area (Å²) in [5, 5.41) is 9.00. The first-order valence-corrected chi connectivity index (χ1v) is 5.34. The highest BCUT2D eigenvalue weighted by Gasteiger charge is 2.21. The number of carboxylic acids is 1. The summed E-state index contributed by atoms with van der Waals surface area (Å²) in [5.41, 5.74) is 1.64. The van der Waals surface area contributed by atoms with Crippen LogP contribution in [0.2, 0.25) is 0 Å². The average Bonchev–Trinajstić information content (AvgIpc) is 2.19. The zero-order valence-electron chi connectivity index (χ0n) is 8.87. The van der Waals surface area contributed by atoms with Gasteiger partial charge in [-0.1, -0.05) is 6.07 Å². The number of methoxy groups -OCH3 is 1. The summed E-state index contributed by atoms with van der Waals surface area (Å²) >= 11 is 3.34. The van der Waals surface area contributed by atoms with Crippen LogP contribution in [0, 0.1) is 6.92 Å². The highest BCUT2D eigenvalue weighted by Crippen LogP contribution is 2.36. The third kappa shape index (κ3) is 2.31. The molecule has 0 aliphatic rings. The molecule has 0 spiro atoms. The second-order valence-corrected chi connectivity index (χ2v) is 4.23. The molecule has 0 amide bonds. The Balaban J connectivity index is 3.37. The lowest BCUT2D eigenvalue weighted by molar-refractivity contribution is -0.138. The van der Waals surface area contributed by atoms with Gasteiger partial charge < -0.3 is 9.84 Å². The van der Waals surface area contributed by atoms with Crippen LogP contribution in [0.4, 0.5) is 0 Å². The van der Waals surface area contributed by atoms with Gasteiger partial charge in [-0.15, -0.1) is 0 Å². The molecule has 0 bridgehead atoms. The molecule has 1 unspecified atom stereocenters. The van der Waals surface area contributed by atoms with E-state index in [0.29, 0.717) is 5.75 Å². The monoisotopic (exact) mass is 272 g/mol. The fourth-order valence-corrected chi connectivity index (χ4v) is 2.05. The van der Waals surface area contributed by atoms with Crippen molar-refractivity contribution in [2.75, 3.05) is 7.11 Å². The van der Waals surface area contributed by atoms with Crippen molar-refractivity contribution >= 4 is 21.9 Å². The molecule has 1 rings (SSSR count). The SMILES string of the molecule is COc1c(Br)ccc(C)c1C(C)C(=O)O. The maximum Gasteiger partial charge on any atom is 0.310 e. The Kier molecular flexibility index (Phi) is 3.74. The van der Waals surface area contributed by atoms with Gasteiger partial charge in [-0.3, -0.25) is 4.79 Å². The molecule has 0 fully saturated rings. The Morgan fingerprint density at radius 2 is 2.13 bits per heavy atom. The maximum absolute atomic E-state index is 11.0. The Morgan fingerprint density at radius 3 is 2.60 bits per heavy atom. The highest BCUT2D eigenvalue weighted by atomic mass is 79.9. The molecule has 1 aromatic carbocycles. The van der Waals surface area contributed by atoms with Crippen molar-refractivity contribution in [3.8, 4) is 5.75 Å². The van der Waals surface area contributed by atoms with Crippen molar-refractivity contribution in [2.24, 2.45) is 0 Å². The zero-order chi connectivity index (χ0) is 11.6. The minimum Gasteiger partial charge on any atom is -0.495 e. The summed E-state index contributed by atoms with van der Waals surface area (Å²) in [6.45, 7) is 3.53. The van der Waals surface area contributed by atoms with Crippen LogP contribution in [0.5, 0.6) is 5.75 Å². The molecular formula is C11H13BrO3. The lowest BCUT2D eigenvalue weighted by Crippen LogP contribution is -2.10. The number of carboxylic acid groups (broad SMARTS) is 1. The predicted octanol–water partition coefficient (Wildman–Crippen LogP) is 2.95. The van der Waals surface area contributed by atoms with Gasteiger partial charge in [0.1, 0.15) is 5.75 Å². The van der Waals surface area contributed by atoms with E-state index in [1.807, 2.05) is 19.1 Å². The molecule has 0 heterocycles. The highest BCUT2D eigenvalue weighted by molar-refractivity contribution is 9.10. The molecule has 1 aromatic rings. The molecule has 0 aromatic heterocycles. The molecule has 3 nitrogen and oxygen atoms in total. The number of hydrogen-bond acceptors (Lipinski definition) is 2. The number of aliphatic carboxylic acids is 1. The van der Waals surface area contributed by atoms with E-state index in [1.54, 1.807) is 6.92 Å². The van der Waals surface area contributed by atoms with Crippen LogP contribution in [0.3, 0.4) is 0 Å². The van der Waals surface area contributed by atoms with Crippen LogP contribution in [0.1, 0.15) is 24.0 Å². The van der Waals surface area contributed by atoms with Crippen LogP contribution < -0.4 is 4.74 Å². The Morgan fingerprint density at radius 1 is 1.53 bits per heavy atom. The topological polar surface area (TPSA) is 46.5 Å². The molecule has 0 aliphatic heterocycles. The largest absolute Gasteiger partial charge is 0.495 e. The number of carbonyl (C=O) groups is 1. The van der Waals surface area contributed by atoms with Crippen molar-refractivity contribution in [2.45, 2.75) is 19.8 Å². The summed E-state index contributed by atoms with van der Waals surface area (Å²) in [4.78, 5) is 11.0. The fourth-order valence-electron chi connectivity index (χ4n) is 1.54. The summed E-state index contributed by atoms with van der Waals surface area (Å²) in [6.07, 6.45) is 0. The fraction of sp³-hybridized carbons (Fsp3) is 0.364. The minimum absolute atomic E-state index is 0.572. The lowest BCUT2D eigenvalue weighted by Gasteiger charge is -2.16. The van der Waals surface area contributed by atoms with Gasteiger partial charge in [0.2, 0.25) is 0 Å². The zero-order valence-corrected chi connectivity index (χ0v) is 10.5. The van der Waals surface area contributed by atoms with Crippen LogP contribution >= 0.6 is 15.9 Å². The quantitative estimate of drug-likeness (QED) is 0.920. The van der Waals surface area contributed by atoms with Gasteiger partial charge >= 0.3 is 5.97 Å². The van der Waals surface area contributed by atoms with Gasteiger partial charge in [0.05, 0.1) is 17.5 Å². The summed E-state index contributed by atoms with van der Waals surface area (Å²) in [6, 6.07) is 3.73. The Labute approximate surface area is 97.2 Å². The number of benzene rings is 1. The number of hydrogen-bond donors (Lipinski definition) is 1.